The molecule has 2 heterocycles. The molecule has 0 aliphatic rings. The van der Waals surface area contributed by atoms with Gasteiger partial charge in [-0.3, -0.25) is 14.2 Å². The quantitative estimate of drug-likeness (QED) is 0.728. The predicted molar refractivity (Wildman–Crippen MR) is 96.1 cm³/mol. The average Bonchev–Trinajstić information content (AvgIpc) is 3.17. The number of rotatable bonds is 5. The highest BCUT2D eigenvalue weighted by Crippen LogP contribution is 2.21. The van der Waals surface area contributed by atoms with Crippen LogP contribution in [0, 0.1) is 6.92 Å². The van der Waals surface area contributed by atoms with Gasteiger partial charge < -0.3 is 5.32 Å². The van der Waals surface area contributed by atoms with Crippen molar-refractivity contribution in [3.63, 3.8) is 0 Å². The molecule has 0 saturated carbocycles. The molecule has 1 amide bonds. The van der Waals surface area contributed by atoms with Crippen molar-refractivity contribution in [2.24, 2.45) is 0 Å². The molecule has 1 aromatic carbocycles. The number of carbonyl (C=O) groups is 1. The molecular weight excluding hydrogens is 370 g/mol. The standard InChI is InChI=1S/C17H18BrN5O/c1-3-22-10-14(8-19-22)17(24)20-16-15(18)11-23(21-16)9-13-6-4-12(2)5-7-13/h4-8,10-11H,3,9H2,1-2H3,(H,20,21,24). The van der Waals surface area contributed by atoms with Crippen LogP contribution in [0.15, 0.2) is 47.3 Å². The molecule has 0 saturated heterocycles. The highest BCUT2D eigenvalue weighted by atomic mass is 79.9. The van der Waals surface area contributed by atoms with E-state index in [0.29, 0.717) is 17.9 Å². The van der Waals surface area contributed by atoms with Crippen LogP contribution >= 0.6 is 15.9 Å². The van der Waals surface area contributed by atoms with E-state index >= 15 is 0 Å². The van der Waals surface area contributed by atoms with Crippen molar-refractivity contribution in [3.05, 3.63) is 64.0 Å². The van der Waals surface area contributed by atoms with Gasteiger partial charge in [0.25, 0.3) is 5.91 Å². The maximum Gasteiger partial charge on any atom is 0.260 e. The van der Waals surface area contributed by atoms with Gasteiger partial charge in [-0.1, -0.05) is 29.8 Å². The fourth-order valence-corrected chi connectivity index (χ4v) is 2.69. The molecule has 3 aromatic rings. The van der Waals surface area contributed by atoms with E-state index in [2.05, 4.69) is 62.6 Å². The number of nitrogens with zero attached hydrogens (tertiary/aromatic N) is 4. The second-order valence-electron chi connectivity index (χ2n) is 5.55. The molecule has 0 radical (unpaired) electrons. The van der Waals surface area contributed by atoms with Crippen LogP contribution < -0.4 is 5.32 Å². The Balaban J connectivity index is 1.71. The Morgan fingerprint density at radius 2 is 1.96 bits per heavy atom. The number of halogens is 1. The predicted octanol–water partition coefficient (Wildman–Crippen LogP) is 3.47. The van der Waals surface area contributed by atoms with Crippen LogP contribution in [0.3, 0.4) is 0 Å². The summed E-state index contributed by atoms with van der Waals surface area (Å²) in [6.45, 7) is 5.39. The third-order valence-corrected chi connectivity index (χ3v) is 4.21. The Morgan fingerprint density at radius 3 is 2.62 bits per heavy atom. The molecule has 7 heteroatoms. The molecule has 3 rings (SSSR count). The summed E-state index contributed by atoms with van der Waals surface area (Å²) in [5, 5.41) is 11.3. The van der Waals surface area contributed by atoms with Crippen LogP contribution in [0.5, 0.6) is 0 Å². The summed E-state index contributed by atoms with van der Waals surface area (Å²) in [7, 11) is 0. The van der Waals surface area contributed by atoms with Crippen molar-refractivity contribution in [3.8, 4) is 0 Å². The van der Waals surface area contributed by atoms with Crippen LogP contribution in [-0.2, 0) is 13.1 Å². The van der Waals surface area contributed by atoms with Crippen LogP contribution in [0.1, 0.15) is 28.4 Å². The fourth-order valence-electron chi connectivity index (χ4n) is 2.28. The first-order chi connectivity index (χ1) is 11.5. The lowest BCUT2D eigenvalue weighted by Gasteiger charge is -2.03. The number of aryl methyl sites for hydroxylation is 2. The highest BCUT2D eigenvalue weighted by molar-refractivity contribution is 9.10. The van der Waals surface area contributed by atoms with E-state index in [1.807, 2.05) is 13.1 Å². The molecular formula is C17H18BrN5O. The van der Waals surface area contributed by atoms with Crippen LogP contribution in [0.4, 0.5) is 5.82 Å². The molecule has 0 spiro atoms. The number of carbonyl (C=O) groups excluding carboxylic acids is 1. The molecule has 2 aromatic heterocycles. The number of aromatic nitrogens is 4. The Kier molecular flexibility index (Phi) is 4.80. The summed E-state index contributed by atoms with van der Waals surface area (Å²) < 4.78 is 4.24. The second-order valence-corrected chi connectivity index (χ2v) is 6.40. The maximum atomic E-state index is 12.3. The van der Waals surface area contributed by atoms with E-state index in [9.17, 15) is 4.79 Å². The van der Waals surface area contributed by atoms with Crippen LogP contribution in [0.2, 0.25) is 0 Å². The molecule has 1 N–H and O–H groups in total. The summed E-state index contributed by atoms with van der Waals surface area (Å²) in [6.07, 6.45) is 5.12. The van der Waals surface area contributed by atoms with E-state index in [0.717, 1.165) is 16.6 Å². The monoisotopic (exact) mass is 387 g/mol. The fraction of sp³-hybridized carbons (Fsp3) is 0.235. The van der Waals surface area contributed by atoms with Crippen molar-refractivity contribution < 1.29 is 4.79 Å². The Bertz CT molecular complexity index is 850. The molecule has 24 heavy (non-hydrogen) atoms. The Morgan fingerprint density at radius 1 is 1.21 bits per heavy atom. The maximum absolute atomic E-state index is 12.3. The zero-order valence-corrected chi connectivity index (χ0v) is 15.1. The summed E-state index contributed by atoms with van der Waals surface area (Å²) in [6, 6.07) is 8.29. The van der Waals surface area contributed by atoms with Crippen LogP contribution in [-0.4, -0.2) is 25.5 Å². The minimum absolute atomic E-state index is 0.226. The van der Waals surface area contributed by atoms with Crippen molar-refractivity contribution in [1.29, 1.82) is 0 Å². The third kappa shape index (κ3) is 3.73. The lowest BCUT2D eigenvalue weighted by molar-refractivity contribution is 0.102. The van der Waals surface area contributed by atoms with E-state index in [1.165, 1.54) is 5.56 Å². The Hall–Kier alpha value is -2.41. The summed E-state index contributed by atoms with van der Waals surface area (Å²) in [4.78, 5) is 12.3. The largest absolute Gasteiger partial charge is 0.304 e. The molecule has 124 valence electrons. The van der Waals surface area contributed by atoms with Gasteiger partial charge in [-0.05, 0) is 35.3 Å². The minimum atomic E-state index is -0.226. The van der Waals surface area contributed by atoms with Crippen molar-refractivity contribution in [1.82, 2.24) is 19.6 Å². The average molecular weight is 388 g/mol. The molecule has 0 fully saturated rings. The van der Waals surface area contributed by atoms with E-state index in [4.69, 9.17) is 0 Å². The van der Waals surface area contributed by atoms with Crippen molar-refractivity contribution in [2.75, 3.05) is 5.32 Å². The molecule has 0 atom stereocenters. The number of anilines is 1. The normalized spacial score (nSPS) is 10.8. The number of hydrogen-bond acceptors (Lipinski definition) is 3. The van der Waals surface area contributed by atoms with Crippen LogP contribution in [0.25, 0.3) is 0 Å². The molecule has 0 aliphatic heterocycles. The van der Waals surface area contributed by atoms with E-state index in [-0.39, 0.29) is 5.91 Å². The summed E-state index contributed by atoms with van der Waals surface area (Å²) in [5.74, 6) is 0.271. The molecule has 0 unspecified atom stereocenters. The minimum Gasteiger partial charge on any atom is -0.304 e. The number of nitrogens with one attached hydrogen (secondary N) is 1. The van der Waals surface area contributed by atoms with Crippen molar-refractivity contribution in [2.45, 2.75) is 26.9 Å². The number of hydrogen-bond donors (Lipinski definition) is 1. The molecule has 0 aliphatic carbocycles. The van der Waals surface area contributed by atoms with Gasteiger partial charge in [0.2, 0.25) is 0 Å². The lowest BCUT2D eigenvalue weighted by atomic mass is 10.1. The topological polar surface area (TPSA) is 64.7 Å². The van der Waals surface area contributed by atoms with E-state index in [1.54, 1.807) is 21.8 Å². The zero-order chi connectivity index (χ0) is 17.1. The van der Waals surface area contributed by atoms with Gasteiger partial charge in [0, 0.05) is 18.9 Å². The zero-order valence-electron chi connectivity index (χ0n) is 13.5. The summed E-state index contributed by atoms with van der Waals surface area (Å²) >= 11 is 3.44. The Labute approximate surface area is 148 Å². The third-order valence-electron chi connectivity index (χ3n) is 3.63. The number of benzene rings is 1. The van der Waals surface area contributed by atoms with Gasteiger partial charge in [0.15, 0.2) is 5.82 Å². The number of amides is 1. The van der Waals surface area contributed by atoms with Gasteiger partial charge >= 0.3 is 0 Å². The van der Waals surface area contributed by atoms with E-state index < -0.39 is 0 Å². The summed E-state index contributed by atoms with van der Waals surface area (Å²) in [5.41, 5.74) is 2.88. The van der Waals surface area contributed by atoms with Gasteiger partial charge in [-0.2, -0.15) is 10.2 Å². The highest BCUT2D eigenvalue weighted by Gasteiger charge is 2.13. The van der Waals surface area contributed by atoms with Gasteiger partial charge in [0.1, 0.15) is 0 Å². The van der Waals surface area contributed by atoms with Crippen molar-refractivity contribution >= 4 is 27.7 Å². The molecule has 0 bridgehead atoms. The lowest BCUT2D eigenvalue weighted by Crippen LogP contribution is -2.12. The first-order valence-corrected chi connectivity index (χ1v) is 8.46. The first-order valence-electron chi connectivity index (χ1n) is 7.67. The molecule has 6 nitrogen and oxygen atoms in total. The van der Waals surface area contributed by atoms with Gasteiger partial charge in [0.05, 0.1) is 22.8 Å². The van der Waals surface area contributed by atoms with Gasteiger partial charge in [-0.15, -0.1) is 0 Å². The van der Waals surface area contributed by atoms with Gasteiger partial charge in [-0.25, -0.2) is 0 Å². The second kappa shape index (κ2) is 7.00. The smallest absolute Gasteiger partial charge is 0.260 e. The SMILES string of the molecule is CCn1cc(C(=O)Nc2nn(Cc3ccc(C)cc3)cc2Br)cn1. The first kappa shape index (κ1) is 16.4.